The predicted molar refractivity (Wildman–Crippen MR) is 86.5 cm³/mol. The van der Waals surface area contributed by atoms with Gasteiger partial charge in [0.2, 0.25) is 0 Å². The van der Waals surface area contributed by atoms with Crippen LogP contribution in [0.1, 0.15) is 19.4 Å². The summed E-state index contributed by atoms with van der Waals surface area (Å²) in [6.07, 6.45) is 1.51. The van der Waals surface area contributed by atoms with Crippen molar-refractivity contribution in [2.45, 2.75) is 20.0 Å². The molecule has 8 nitrogen and oxygen atoms in total. The number of carbonyl (C=O) groups excluding carboxylic acids is 3. The molecule has 0 aliphatic carbocycles. The Balaban J connectivity index is 2.69. The summed E-state index contributed by atoms with van der Waals surface area (Å²) < 4.78 is 15.5. The minimum Gasteiger partial charge on any atom is -0.493 e. The van der Waals surface area contributed by atoms with Crippen molar-refractivity contribution in [2.24, 2.45) is 5.73 Å². The maximum Gasteiger partial charge on any atom is 0.331 e. The summed E-state index contributed by atoms with van der Waals surface area (Å²) >= 11 is 0. The van der Waals surface area contributed by atoms with Crippen LogP contribution < -0.4 is 20.5 Å². The Morgan fingerprint density at radius 2 is 2.00 bits per heavy atom. The highest BCUT2D eigenvalue weighted by atomic mass is 16.5. The van der Waals surface area contributed by atoms with Gasteiger partial charge in [-0.1, -0.05) is 6.07 Å². The third kappa shape index (κ3) is 5.99. The van der Waals surface area contributed by atoms with E-state index in [0.717, 1.165) is 6.08 Å². The van der Waals surface area contributed by atoms with E-state index in [1.165, 1.54) is 20.1 Å². The molecule has 0 saturated heterocycles. The Labute approximate surface area is 139 Å². The van der Waals surface area contributed by atoms with Crippen molar-refractivity contribution in [1.82, 2.24) is 5.32 Å². The molecule has 3 amide bonds. The first kappa shape index (κ1) is 19.0. The largest absolute Gasteiger partial charge is 0.493 e. The van der Waals surface area contributed by atoms with Crippen molar-refractivity contribution in [3.05, 3.63) is 29.8 Å². The molecule has 0 aliphatic heterocycles. The third-order valence-electron chi connectivity index (χ3n) is 2.81. The van der Waals surface area contributed by atoms with Gasteiger partial charge in [0.15, 0.2) is 17.6 Å². The fourth-order valence-electron chi connectivity index (χ4n) is 1.72. The number of esters is 1. The number of rotatable bonds is 7. The number of primary amides is 1. The number of amides is 3. The number of methoxy groups -OCH3 is 1. The van der Waals surface area contributed by atoms with Gasteiger partial charge in [0.1, 0.15) is 0 Å². The summed E-state index contributed by atoms with van der Waals surface area (Å²) in [5, 5.41) is 1.82. The molecule has 1 aromatic rings. The van der Waals surface area contributed by atoms with Crippen molar-refractivity contribution < 1.29 is 28.6 Å². The summed E-state index contributed by atoms with van der Waals surface area (Å²) in [7, 11) is 1.51. The second-order valence-electron chi connectivity index (χ2n) is 4.61. The standard InChI is InChI=1S/C16H20N2O6/c1-4-23-12-7-5-11(9-13(12)22-3)6-8-14(19)24-10(2)15(20)18-16(17)21/h5-10H,4H2,1-3H3,(H3,17,18,20,21)/b8-6+/t10-/m0/s1. The van der Waals surface area contributed by atoms with Crippen LogP contribution in [-0.4, -0.2) is 37.7 Å². The number of ether oxygens (including phenoxy) is 3. The number of imide groups is 1. The second-order valence-corrected chi connectivity index (χ2v) is 4.61. The zero-order chi connectivity index (χ0) is 18.1. The lowest BCUT2D eigenvalue weighted by Crippen LogP contribution is -2.42. The van der Waals surface area contributed by atoms with Crippen LogP contribution in [0, 0.1) is 0 Å². The number of nitrogens with one attached hydrogen (secondary N) is 1. The highest BCUT2D eigenvalue weighted by molar-refractivity contribution is 5.97. The average Bonchev–Trinajstić information content (AvgIpc) is 2.53. The maximum atomic E-state index is 11.7. The van der Waals surface area contributed by atoms with Crippen molar-refractivity contribution in [1.29, 1.82) is 0 Å². The van der Waals surface area contributed by atoms with Crippen LogP contribution in [0.15, 0.2) is 24.3 Å². The molecule has 1 aromatic carbocycles. The Hall–Kier alpha value is -3.03. The van der Waals surface area contributed by atoms with E-state index in [9.17, 15) is 14.4 Å². The molecule has 1 atom stereocenters. The first-order valence-electron chi connectivity index (χ1n) is 7.17. The molecular formula is C16H20N2O6. The second kappa shape index (κ2) is 9.19. The summed E-state index contributed by atoms with van der Waals surface area (Å²) in [5.74, 6) is -0.417. The Kier molecular flexibility index (Phi) is 7.28. The molecule has 130 valence electrons. The van der Waals surface area contributed by atoms with Crippen molar-refractivity contribution in [3.8, 4) is 11.5 Å². The molecule has 0 unspecified atom stereocenters. The lowest BCUT2D eigenvalue weighted by atomic mass is 10.2. The van der Waals surface area contributed by atoms with Gasteiger partial charge in [0.05, 0.1) is 13.7 Å². The summed E-state index contributed by atoms with van der Waals surface area (Å²) in [5.41, 5.74) is 5.49. The molecule has 0 heterocycles. The van der Waals surface area contributed by atoms with Crippen LogP contribution in [0.4, 0.5) is 4.79 Å². The lowest BCUT2D eigenvalue weighted by Gasteiger charge is -2.10. The van der Waals surface area contributed by atoms with E-state index in [0.29, 0.717) is 23.7 Å². The third-order valence-corrected chi connectivity index (χ3v) is 2.81. The van der Waals surface area contributed by atoms with Crippen molar-refractivity contribution in [3.63, 3.8) is 0 Å². The zero-order valence-electron chi connectivity index (χ0n) is 13.7. The fourth-order valence-corrected chi connectivity index (χ4v) is 1.72. The molecule has 0 aliphatic rings. The van der Waals surface area contributed by atoms with Crippen LogP contribution in [0.25, 0.3) is 6.08 Å². The zero-order valence-corrected chi connectivity index (χ0v) is 13.7. The van der Waals surface area contributed by atoms with Gasteiger partial charge in [0, 0.05) is 6.08 Å². The number of urea groups is 1. The van der Waals surface area contributed by atoms with Crippen LogP contribution in [-0.2, 0) is 14.3 Å². The summed E-state index contributed by atoms with van der Waals surface area (Å²) in [6, 6.07) is 4.13. The molecule has 1 rings (SSSR count). The first-order valence-corrected chi connectivity index (χ1v) is 7.17. The monoisotopic (exact) mass is 336 g/mol. The van der Waals surface area contributed by atoms with E-state index in [-0.39, 0.29) is 0 Å². The quantitative estimate of drug-likeness (QED) is 0.571. The molecule has 0 spiro atoms. The van der Waals surface area contributed by atoms with Gasteiger partial charge in [-0.05, 0) is 37.6 Å². The summed E-state index contributed by atoms with van der Waals surface area (Å²) in [6.45, 7) is 3.69. The van der Waals surface area contributed by atoms with Gasteiger partial charge in [-0.25, -0.2) is 9.59 Å². The molecule has 0 radical (unpaired) electrons. The van der Waals surface area contributed by atoms with Crippen LogP contribution in [0.2, 0.25) is 0 Å². The number of hydrogen-bond acceptors (Lipinski definition) is 6. The number of benzene rings is 1. The molecule has 0 bridgehead atoms. The van der Waals surface area contributed by atoms with E-state index in [4.69, 9.17) is 19.9 Å². The van der Waals surface area contributed by atoms with Crippen LogP contribution >= 0.6 is 0 Å². The first-order chi connectivity index (χ1) is 11.4. The topological polar surface area (TPSA) is 117 Å². The molecule has 0 saturated carbocycles. The van der Waals surface area contributed by atoms with Gasteiger partial charge in [-0.3, -0.25) is 10.1 Å². The van der Waals surface area contributed by atoms with E-state index in [2.05, 4.69) is 0 Å². The van der Waals surface area contributed by atoms with E-state index in [1.807, 2.05) is 12.2 Å². The minimum absolute atomic E-state index is 0.503. The van der Waals surface area contributed by atoms with Crippen LogP contribution in [0.5, 0.6) is 11.5 Å². The van der Waals surface area contributed by atoms with Gasteiger partial charge in [-0.2, -0.15) is 0 Å². The van der Waals surface area contributed by atoms with Gasteiger partial charge < -0.3 is 19.9 Å². The fraction of sp³-hybridized carbons (Fsp3) is 0.312. The predicted octanol–water partition coefficient (Wildman–Crippen LogP) is 1.23. The SMILES string of the molecule is CCOc1ccc(/C=C/C(=O)O[C@@H](C)C(=O)NC(N)=O)cc1OC. The normalized spacial score (nSPS) is 11.6. The maximum absolute atomic E-state index is 11.7. The Morgan fingerprint density at radius 3 is 2.58 bits per heavy atom. The Bertz CT molecular complexity index is 641. The van der Waals surface area contributed by atoms with E-state index < -0.39 is 24.0 Å². The van der Waals surface area contributed by atoms with Crippen molar-refractivity contribution in [2.75, 3.05) is 13.7 Å². The molecule has 3 N–H and O–H groups in total. The molecular weight excluding hydrogens is 316 g/mol. The van der Waals surface area contributed by atoms with E-state index in [1.54, 1.807) is 18.2 Å². The minimum atomic E-state index is -1.15. The average molecular weight is 336 g/mol. The number of nitrogens with two attached hydrogens (primary N) is 1. The smallest absolute Gasteiger partial charge is 0.331 e. The van der Waals surface area contributed by atoms with Gasteiger partial charge in [0.25, 0.3) is 5.91 Å². The van der Waals surface area contributed by atoms with E-state index >= 15 is 0 Å². The molecule has 0 aromatic heterocycles. The van der Waals surface area contributed by atoms with Gasteiger partial charge >= 0.3 is 12.0 Å². The highest BCUT2D eigenvalue weighted by Gasteiger charge is 2.17. The molecule has 8 heteroatoms. The number of hydrogen-bond donors (Lipinski definition) is 2. The van der Waals surface area contributed by atoms with Gasteiger partial charge in [-0.15, -0.1) is 0 Å². The van der Waals surface area contributed by atoms with Crippen molar-refractivity contribution >= 4 is 24.0 Å². The Morgan fingerprint density at radius 1 is 1.29 bits per heavy atom. The number of carbonyl (C=O) groups is 3. The summed E-state index contributed by atoms with van der Waals surface area (Å²) in [4.78, 5) is 33.6. The molecule has 24 heavy (non-hydrogen) atoms. The van der Waals surface area contributed by atoms with Crippen LogP contribution in [0.3, 0.4) is 0 Å². The molecule has 0 fully saturated rings. The highest BCUT2D eigenvalue weighted by Crippen LogP contribution is 2.28. The lowest BCUT2D eigenvalue weighted by molar-refractivity contribution is -0.149.